The molecule has 0 amide bonds. The molecule has 1 aliphatic carbocycles. The molecule has 1 unspecified atom stereocenters. The third-order valence-corrected chi connectivity index (χ3v) is 2.88. The summed E-state index contributed by atoms with van der Waals surface area (Å²) in [5.74, 6) is -0.385. The molecule has 4 heteroatoms. The maximum Gasteiger partial charge on any atom is 0.325 e. The lowest BCUT2D eigenvalue weighted by molar-refractivity contribution is -0.150. The topological polar surface area (TPSA) is 61.5 Å². The quantitative estimate of drug-likeness (QED) is 0.651. The van der Waals surface area contributed by atoms with E-state index in [1.807, 2.05) is 0 Å². The number of ether oxygens (including phenoxy) is 2. The smallest absolute Gasteiger partial charge is 0.325 e. The zero-order valence-electron chi connectivity index (χ0n) is 8.21. The first-order valence-corrected chi connectivity index (χ1v) is 4.55. The van der Waals surface area contributed by atoms with Crippen molar-refractivity contribution in [3.05, 3.63) is 0 Å². The van der Waals surface area contributed by atoms with Crippen LogP contribution in [-0.2, 0) is 14.3 Å². The van der Waals surface area contributed by atoms with Gasteiger partial charge in [-0.2, -0.15) is 0 Å². The van der Waals surface area contributed by atoms with Crippen LogP contribution in [0.15, 0.2) is 0 Å². The van der Waals surface area contributed by atoms with Gasteiger partial charge in [-0.15, -0.1) is 0 Å². The highest BCUT2D eigenvalue weighted by Gasteiger charge is 2.43. The van der Waals surface area contributed by atoms with Crippen LogP contribution in [0.4, 0.5) is 0 Å². The van der Waals surface area contributed by atoms with Crippen molar-refractivity contribution >= 4 is 5.97 Å². The number of esters is 1. The van der Waals surface area contributed by atoms with Gasteiger partial charge in [0.15, 0.2) is 0 Å². The molecule has 0 aliphatic heterocycles. The van der Waals surface area contributed by atoms with Crippen LogP contribution in [0, 0.1) is 0 Å². The van der Waals surface area contributed by atoms with Gasteiger partial charge in [0.05, 0.1) is 12.7 Å². The van der Waals surface area contributed by atoms with Gasteiger partial charge < -0.3 is 15.2 Å². The second-order valence-electron chi connectivity index (χ2n) is 3.48. The molecule has 0 aromatic heterocycles. The van der Waals surface area contributed by atoms with Gasteiger partial charge in [0, 0.05) is 7.11 Å². The molecule has 0 aromatic carbocycles. The Kier molecular flexibility index (Phi) is 3.27. The highest BCUT2D eigenvalue weighted by atomic mass is 16.5. The lowest BCUT2D eigenvalue weighted by atomic mass is 9.93. The van der Waals surface area contributed by atoms with E-state index in [0.29, 0.717) is 0 Å². The van der Waals surface area contributed by atoms with Crippen molar-refractivity contribution in [2.45, 2.75) is 37.3 Å². The highest BCUT2D eigenvalue weighted by molar-refractivity contribution is 5.77. The standard InChI is InChI=1S/C9H17NO3/c1-12-8(11)7(10)9(13-2)5-3-4-6-9/h7H,3-6,10H2,1-2H3. The van der Waals surface area contributed by atoms with E-state index in [4.69, 9.17) is 10.5 Å². The Morgan fingerprint density at radius 3 is 2.31 bits per heavy atom. The van der Waals surface area contributed by atoms with Crippen LogP contribution in [0.5, 0.6) is 0 Å². The molecule has 1 rings (SSSR count). The van der Waals surface area contributed by atoms with Crippen LogP contribution >= 0.6 is 0 Å². The van der Waals surface area contributed by atoms with Crippen LogP contribution < -0.4 is 5.73 Å². The predicted octanol–water partition coefficient (Wildman–Crippen LogP) is 0.446. The molecule has 0 heterocycles. The van der Waals surface area contributed by atoms with Crippen LogP contribution in [0.1, 0.15) is 25.7 Å². The summed E-state index contributed by atoms with van der Waals surface area (Å²) >= 11 is 0. The van der Waals surface area contributed by atoms with Gasteiger partial charge in [0.2, 0.25) is 0 Å². The minimum Gasteiger partial charge on any atom is -0.468 e. The van der Waals surface area contributed by atoms with Crippen LogP contribution in [0.2, 0.25) is 0 Å². The van der Waals surface area contributed by atoms with E-state index in [1.54, 1.807) is 7.11 Å². The summed E-state index contributed by atoms with van der Waals surface area (Å²) in [6.07, 6.45) is 3.83. The SMILES string of the molecule is COC(=O)C(N)C1(OC)CCCC1. The first-order valence-electron chi connectivity index (χ1n) is 4.55. The van der Waals surface area contributed by atoms with E-state index in [2.05, 4.69) is 4.74 Å². The molecule has 4 nitrogen and oxygen atoms in total. The van der Waals surface area contributed by atoms with E-state index < -0.39 is 11.6 Å². The fraction of sp³-hybridized carbons (Fsp3) is 0.889. The molecule has 0 bridgehead atoms. The average molecular weight is 187 g/mol. The molecule has 76 valence electrons. The molecule has 1 saturated carbocycles. The number of hydrogen-bond donors (Lipinski definition) is 1. The van der Waals surface area contributed by atoms with Crippen LogP contribution in [-0.4, -0.2) is 31.8 Å². The Morgan fingerprint density at radius 2 is 1.92 bits per heavy atom. The van der Waals surface area contributed by atoms with Gasteiger partial charge in [0.25, 0.3) is 0 Å². The third kappa shape index (κ3) is 1.84. The maximum atomic E-state index is 11.2. The molecule has 0 aromatic rings. The van der Waals surface area contributed by atoms with E-state index >= 15 is 0 Å². The fourth-order valence-electron chi connectivity index (χ4n) is 1.96. The Balaban J connectivity index is 2.70. The van der Waals surface area contributed by atoms with Crippen molar-refractivity contribution in [1.29, 1.82) is 0 Å². The fourth-order valence-corrected chi connectivity index (χ4v) is 1.96. The molecule has 1 atom stereocenters. The van der Waals surface area contributed by atoms with Crippen molar-refractivity contribution in [2.24, 2.45) is 5.73 Å². The minimum absolute atomic E-state index is 0.385. The van der Waals surface area contributed by atoms with Gasteiger partial charge in [-0.05, 0) is 12.8 Å². The summed E-state index contributed by atoms with van der Waals surface area (Å²) in [7, 11) is 2.95. The summed E-state index contributed by atoms with van der Waals surface area (Å²) < 4.78 is 9.97. The monoisotopic (exact) mass is 187 g/mol. The van der Waals surface area contributed by atoms with Crippen molar-refractivity contribution in [2.75, 3.05) is 14.2 Å². The molecule has 0 spiro atoms. The molecule has 1 fully saturated rings. The highest BCUT2D eigenvalue weighted by Crippen LogP contribution is 2.35. The molecule has 0 saturated heterocycles. The molecule has 13 heavy (non-hydrogen) atoms. The van der Waals surface area contributed by atoms with E-state index in [1.165, 1.54) is 7.11 Å². The first kappa shape index (κ1) is 10.5. The minimum atomic E-state index is -0.648. The van der Waals surface area contributed by atoms with Gasteiger partial charge in [-0.1, -0.05) is 12.8 Å². The zero-order valence-corrected chi connectivity index (χ0v) is 8.21. The molecule has 2 N–H and O–H groups in total. The second-order valence-corrected chi connectivity index (χ2v) is 3.48. The zero-order chi connectivity index (χ0) is 9.90. The van der Waals surface area contributed by atoms with Gasteiger partial charge >= 0.3 is 5.97 Å². The molecule has 1 aliphatic rings. The summed E-state index contributed by atoms with van der Waals surface area (Å²) in [5, 5.41) is 0. The Labute approximate surface area is 78.4 Å². The molecule has 0 radical (unpaired) electrons. The first-order chi connectivity index (χ1) is 6.16. The van der Waals surface area contributed by atoms with Crippen molar-refractivity contribution in [3.8, 4) is 0 Å². The maximum absolute atomic E-state index is 11.2. The Hall–Kier alpha value is -0.610. The Morgan fingerprint density at radius 1 is 1.38 bits per heavy atom. The lowest BCUT2D eigenvalue weighted by Crippen LogP contribution is -2.52. The van der Waals surface area contributed by atoms with Crippen LogP contribution in [0.25, 0.3) is 0 Å². The Bertz CT molecular complexity index is 187. The normalized spacial score (nSPS) is 22.7. The summed E-state index contributed by atoms with van der Waals surface area (Å²) in [6.45, 7) is 0. The molecular formula is C9H17NO3. The summed E-state index contributed by atoms with van der Waals surface area (Å²) in [5.41, 5.74) is 5.30. The number of methoxy groups -OCH3 is 2. The largest absolute Gasteiger partial charge is 0.468 e. The van der Waals surface area contributed by atoms with E-state index in [9.17, 15) is 4.79 Å². The van der Waals surface area contributed by atoms with E-state index in [-0.39, 0.29) is 5.97 Å². The van der Waals surface area contributed by atoms with Crippen LogP contribution in [0.3, 0.4) is 0 Å². The van der Waals surface area contributed by atoms with Gasteiger partial charge in [-0.25, -0.2) is 0 Å². The van der Waals surface area contributed by atoms with Gasteiger partial charge in [0.1, 0.15) is 6.04 Å². The lowest BCUT2D eigenvalue weighted by Gasteiger charge is -2.31. The molecular weight excluding hydrogens is 170 g/mol. The van der Waals surface area contributed by atoms with Crippen molar-refractivity contribution < 1.29 is 14.3 Å². The van der Waals surface area contributed by atoms with Gasteiger partial charge in [-0.3, -0.25) is 4.79 Å². The number of hydrogen-bond acceptors (Lipinski definition) is 4. The summed E-state index contributed by atoms with van der Waals surface area (Å²) in [4.78, 5) is 11.2. The number of carbonyl (C=O) groups excluding carboxylic acids is 1. The van der Waals surface area contributed by atoms with Crippen molar-refractivity contribution in [3.63, 3.8) is 0 Å². The van der Waals surface area contributed by atoms with Crippen molar-refractivity contribution in [1.82, 2.24) is 0 Å². The third-order valence-electron chi connectivity index (χ3n) is 2.88. The van der Waals surface area contributed by atoms with E-state index in [0.717, 1.165) is 25.7 Å². The summed E-state index contributed by atoms with van der Waals surface area (Å²) in [6, 6.07) is -0.648. The number of rotatable bonds is 3. The number of carbonyl (C=O) groups is 1. The average Bonchev–Trinajstić information content (AvgIpc) is 2.65. The second kappa shape index (κ2) is 4.07. The predicted molar refractivity (Wildman–Crippen MR) is 48.2 cm³/mol. The number of nitrogens with two attached hydrogens (primary N) is 1.